The zero-order valence-electron chi connectivity index (χ0n) is 9.56. The Bertz CT molecular complexity index is 443. The summed E-state index contributed by atoms with van der Waals surface area (Å²) in [4.78, 5) is 28.2. The van der Waals surface area contributed by atoms with E-state index in [4.69, 9.17) is 10.8 Å². The minimum atomic E-state index is -0.872. The first kappa shape index (κ1) is 13.0. The third-order valence-electron chi connectivity index (χ3n) is 2.39. The topological polar surface area (TPSA) is 121 Å². The second-order valence-corrected chi connectivity index (χ2v) is 3.70. The van der Waals surface area contributed by atoms with E-state index in [2.05, 4.69) is 15.3 Å². The summed E-state index contributed by atoms with van der Waals surface area (Å²) >= 11 is 0. The van der Waals surface area contributed by atoms with E-state index >= 15 is 0 Å². The second-order valence-electron chi connectivity index (χ2n) is 3.70. The van der Waals surface area contributed by atoms with Gasteiger partial charge in [0.15, 0.2) is 5.82 Å². The number of rotatable bonds is 6. The van der Waals surface area contributed by atoms with E-state index < -0.39 is 17.4 Å². The predicted molar refractivity (Wildman–Crippen MR) is 63.8 cm³/mol. The number of nitrogens with two attached hydrogens (primary N) is 1. The summed E-state index contributed by atoms with van der Waals surface area (Å²) in [6, 6.07) is 0. The highest BCUT2D eigenvalue weighted by Gasteiger charge is 2.16. The zero-order valence-corrected chi connectivity index (χ0v) is 9.56. The van der Waals surface area contributed by atoms with Gasteiger partial charge in [0.2, 0.25) is 0 Å². The third-order valence-corrected chi connectivity index (χ3v) is 2.39. The number of anilines is 2. The molecule has 5 N–H and O–H groups in total. The van der Waals surface area contributed by atoms with Crippen LogP contribution in [0.5, 0.6) is 0 Å². The summed E-state index contributed by atoms with van der Waals surface area (Å²) < 4.78 is 0. The fourth-order valence-corrected chi connectivity index (χ4v) is 1.43. The fourth-order valence-electron chi connectivity index (χ4n) is 1.43. The lowest BCUT2D eigenvalue weighted by Crippen LogP contribution is -2.25. The van der Waals surface area contributed by atoms with E-state index in [9.17, 15) is 9.59 Å². The van der Waals surface area contributed by atoms with Crippen LogP contribution >= 0.6 is 0 Å². The van der Waals surface area contributed by atoms with E-state index in [0.717, 1.165) is 6.42 Å². The van der Waals surface area contributed by atoms with Crippen molar-refractivity contribution >= 4 is 17.5 Å². The van der Waals surface area contributed by atoms with Crippen molar-refractivity contribution in [2.75, 3.05) is 17.6 Å². The maximum absolute atomic E-state index is 11.2. The van der Waals surface area contributed by atoms with Crippen molar-refractivity contribution in [2.24, 2.45) is 5.92 Å². The lowest BCUT2D eigenvalue weighted by Gasteiger charge is -2.13. The van der Waals surface area contributed by atoms with Gasteiger partial charge in [0, 0.05) is 6.54 Å². The van der Waals surface area contributed by atoms with Gasteiger partial charge in [0.25, 0.3) is 5.56 Å². The highest BCUT2D eigenvalue weighted by atomic mass is 16.4. The molecule has 7 nitrogen and oxygen atoms in total. The molecule has 0 amide bonds. The van der Waals surface area contributed by atoms with Crippen LogP contribution in [0.15, 0.2) is 11.1 Å². The van der Waals surface area contributed by atoms with Crippen LogP contribution in [0.3, 0.4) is 0 Å². The van der Waals surface area contributed by atoms with E-state index in [1.54, 1.807) is 0 Å². The summed E-state index contributed by atoms with van der Waals surface area (Å²) in [6.07, 6.45) is 2.55. The van der Waals surface area contributed by atoms with Gasteiger partial charge in [0.1, 0.15) is 5.69 Å². The number of aliphatic carboxylic acids is 1. The number of H-pyrrole nitrogens is 1. The number of carboxylic acid groups (broad SMARTS) is 1. The van der Waals surface area contributed by atoms with Crippen molar-refractivity contribution in [1.82, 2.24) is 9.97 Å². The molecule has 0 radical (unpaired) electrons. The van der Waals surface area contributed by atoms with Gasteiger partial charge in [-0.05, 0) is 6.42 Å². The van der Waals surface area contributed by atoms with Crippen molar-refractivity contribution in [2.45, 2.75) is 19.8 Å². The van der Waals surface area contributed by atoms with E-state index in [-0.39, 0.29) is 18.1 Å². The number of hydrogen-bond acceptors (Lipinski definition) is 5. The Hall–Kier alpha value is -2.05. The molecule has 0 aromatic carbocycles. The summed E-state index contributed by atoms with van der Waals surface area (Å²) in [7, 11) is 0. The van der Waals surface area contributed by atoms with Crippen LogP contribution < -0.4 is 16.6 Å². The number of carbonyl (C=O) groups is 1. The van der Waals surface area contributed by atoms with Crippen molar-refractivity contribution in [1.29, 1.82) is 0 Å². The van der Waals surface area contributed by atoms with Crippen molar-refractivity contribution in [3.63, 3.8) is 0 Å². The fraction of sp³-hybridized carbons (Fsp3) is 0.500. The highest BCUT2D eigenvalue weighted by molar-refractivity contribution is 5.71. The molecule has 1 aromatic heterocycles. The first-order valence-electron chi connectivity index (χ1n) is 5.36. The Morgan fingerprint density at radius 1 is 1.71 bits per heavy atom. The number of carboxylic acids is 1. The summed E-state index contributed by atoms with van der Waals surface area (Å²) in [5.41, 5.74) is 5.03. The number of nitrogens with zero attached hydrogens (tertiary/aromatic N) is 1. The van der Waals surface area contributed by atoms with E-state index in [0.29, 0.717) is 6.42 Å². The highest BCUT2D eigenvalue weighted by Crippen LogP contribution is 2.11. The molecule has 0 fully saturated rings. The normalized spacial score (nSPS) is 12.1. The molecule has 1 rings (SSSR count). The van der Waals surface area contributed by atoms with Crippen molar-refractivity contribution in [3.05, 3.63) is 16.7 Å². The minimum Gasteiger partial charge on any atom is -0.481 e. The number of nitrogen functional groups attached to an aromatic ring is 1. The number of nitrogens with one attached hydrogen (secondary N) is 2. The van der Waals surface area contributed by atoms with Crippen LogP contribution in [0.25, 0.3) is 0 Å². The maximum Gasteiger partial charge on any atom is 0.308 e. The standard InChI is InChI=1S/C10H16N4O3/c1-2-3-6(10(16)17)4-12-8-7(11)9(15)14-5-13-8/h5-6H,2-4,11H2,1H3,(H,16,17)(H2,12,13,14,15). The molecule has 0 spiro atoms. The number of aromatic nitrogens is 2. The van der Waals surface area contributed by atoms with Crippen LogP contribution in [0, 0.1) is 5.92 Å². The molecular weight excluding hydrogens is 224 g/mol. The van der Waals surface area contributed by atoms with Gasteiger partial charge in [-0.1, -0.05) is 13.3 Å². The Labute approximate surface area is 98.1 Å². The molecule has 0 saturated heterocycles. The van der Waals surface area contributed by atoms with Crippen LogP contribution in [0.4, 0.5) is 11.5 Å². The summed E-state index contributed by atoms with van der Waals surface area (Å²) in [5.74, 6) is -1.17. The number of hydrogen-bond donors (Lipinski definition) is 4. The average Bonchev–Trinajstić information content (AvgIpc) is 2.29. The van der Waals surface area contributed by atoms with Crippen LogP contribution in [-0.4, -0.2) is 27.6 Å². The van der Waals surface area contributed by atoms with Gasteiger partial charge in [-0.2, -0.15) is 0 Å². The maximum atomic E-state index is 11.2. The van der Waals surface area contributed by atoms with Crippen molar-refractivity contribution in [3.8, 4) is 0 Å². The smallest absolute Gasteiger partial charge is 0.308 e. The Morgan fingerprint density at radius 3 is 3.00 bits per heavy atom. The molecule has 0 saturated carbocycles. The SMILES string of the molecule is CCCC(CNc1nc[nH]c(=O)c1N)C(=O)O. The van der Waals surface area contributed by atoms with Gasteiger partial charge >= 0.3 is 5.97 Å². The lowest BCUT2D eigenvalue weighted by molar-refractivity contribution is -0.141. The van der Waals surface area contributed by atoms with E-state index in [1.165, 1.54) is 6.33 Å². The second kappa shape index (κ2) is 5.88. The molecule has 0 aliphatic rings. The minimum absolute atomic E-state index is 0.0341. The first-order chi connectivity index (χ1) is 8.06. The van der Waals surface area contributed by atoms with E-state index in [1.807, 2.05) is 6.92 Å². The van der Waals surface area contributed by atoms with Crippen molar-refractivity contribution < 1.29 is 9.90 Å². The first-order valence-corrected chi connectivity index (χ1v) is 5.36. The predicted octanol–water partition coefficient (Wildman–Crippen LogP) is 0.265. The van der Waals surface area contributed by atoms with Crippen LogP contribution in [-0.2, 0) is 4.79 Å². The molecule has 1 unspecified atom stereocenters. The Kier molecular flexibility index (Phi) is 4.50. The average molecular weight is 240 g/mol. The molecule has 7 heteroatoms. The van der Waals surface area contributed by atoms with Gasteiger partial charge in [-0.25, -0.2) is 4.98 Å². The molecule has 94 valence electrons. The Balaban J connectivity index is 2.68. The van der Waals surface area contributed by atoms with Gasteiger partial charge in [-0.15, -0.1) is 0 Å². The number of aromatic amines is 1. The molecule has 0 bridgehead atoms. The third kappa shape index (κ3) is 3.47. The van der Waals surface area contributed by atoms with Gasteiger partial charge in [0.05, 0.1) is 12.2 Å². The molecule has 17 heavy (non-hydrogen) atoms. The zero-order chi connectivity index (χ0) is 12.8. The summed E-state index contributed by atoms with van der Waals surface area (Å²) in [6.45, 7) is 2.11. The molecule has 0 aliphatic heterocycles. The lowest BCUT2D eigenvalue weighted by atomic mass is 10.0. The monoisotopic (exact) mass is 240 g/mol. The molecule has 0 aliphatic carbocycles. The van der Waals surface area contributed by atoms with Gasteiger partial charge in [-0.3, -0.25) is 9.59 Å². The molecule has 1 aromatic rings. The quantitative estimate of drug-likeness (QED) is 0.566. The molecular formula is C10H16N4O3. The largest absolute Gasteiger partial charge is 0.481 e. The molecule has 1 heterocycles. The molecule has 1 atom stereocenters. The summed E-state index contributed by atoms with van der Waals surface area (Å²) in [5, 5.41) is 11.7. The van der Waals surface area contributed by atoms with Crippen LogP contribution in [0.1, 0.15) is 19.8 Å². The Morgan fingerprint density at radius 2 is 2.41 bits per heavy atom. The van der Waals surface area contributed by atoms with Gasteiger partial charge < -0.3 is 21.1 Å². The van der Waals surface area contributed by atoms with Crippen LogP contribution in [0.2, 0.25) is 0 Å².